The highest BCUT2D eigenvalue weighted by molar-refractivity contribution is 5.55. The Kier molecular flexibility index (Phi) is 5.52. The zero-order valence-corrected chi connectivity index (χ0v) is 14.6. The number of aromatic nitrogens is 5. The summed E-state index contributed by atoms with van der Waals surface area (Å²) in [6.45, 7) is -1.30. The Bertz CT molecular complexity index is 989. The first-order valence-corrected chi connectivity index (χ1v) is 7.93. The Morgan fingerprint density at radius 1 is 1.04 bits per heavy atom. The van der Waals surface area contributed by atoms with Gasteiger partial charge in [-0.2, -0.15) is 18.3 Å². The first-order chi connectivity index (χ1) is 13.3. The van der Waals surface area contributed by atoms with Gasteiger partial charge in [0.2, 0.25) is 5.88 Å². The van der Waals surface area contributed by atoms with Crippen LogP contribution in [-0.4, -0.2) is 44.6 Å². The van der Waals surface area contributed by atoms with Crippen LogP contribution in [0, 0.1) is 0 Å². The fourth-order valence-corrected chi connectivity index (χ4v) is 2.18. The van der Waals surface area contributed by atoms with E-state index in [0.29, 0.717) is 17.1 Å². The van der Waals surface area contributed by atoms with Gasteiger partial charge >= 0.3 is 12.2 Å². The van der Waals surface area contributed by atoms with Crippen LogP contribution in [-0.2, 0) is 6.54 Å². The van der Waals surface area contributed by atoms with E-state index in [-0.39, 0.29) is 12.1 Å². The van der Waals surface area contributed by atoms with Crippen molar-refractivity contribution in [3.8, 4) is 23.1 Å². The summed E-state index contributed by atoms with van der Waals surface area (Å²) in [5, 5.41) is 4.24. The van der Waals surface area contributed by atoms with Gasteiger partial charge in [0.1, 0.15) is 0 Å². The Morgan fingerprint density at radius 2 is 1.79 bits per heavy atom. The van der Waals surface area contributed by atoms with E-state index in [4.69, 9.17) is 4.74 Å². The van der Waals surface area contributed by atoms with Crippen molar-refractivity contribution < 1.29 is 22.6 Å². The molecule has 0 saturated heterocycles. The Morgan fingerprint density at radius 3 is 2.39 bits per heavy atom. The molecular formula is C17H14F3N5O3. The van der Waals surface area contributed by atoms with E-state index < -0.39 is 18.8 Å². The highest BCUT2D eigenvalue weighted by Gasteiger charge is 2.28. The van der Waals surface area contributed by atoms with Gasteiger partial charge < -0.3 is 9.47 Å². The molecule has 146 valence electrons. The lowest BCUT2D eigenvalue weighted by atomic mass is 10.2. The second-order valence-electron chi connectivity index (χ2n) is 5.58. The average molecular weight is 393 g/mol. The van der Waals surface area contributed by atoms with Gasteiger partial charge in [-0.1, -0.05) is 6.07 Å². The molecule has 11 heteroatoms. The van der Waals surface area contributed by atoms with Crippen LogP contribution in [0.3, 0.4) is 0 Å². The second kappa shape index (κ2) is 8.03. The van der Waals surface area contributed by atoms with Crippen molar-refractivity contribution in [3.63, 3.8) is 0 Å². The molecule has 0 bridgehead atoms. The molecule has 0 fully saturated rings. The van der Waals surface area contributed by atoms with Gasteiger partial charge in [-0.05, 0) is 11.6 Å². The highest BCUT2D eigenvalue weighted by atomic mass is 19.4. The van der Waals surface area contributed by atoms with E-state index in [1.165, 1.54) is 36.3 Å². The van der Waals surface area contributed by atoms with Crippen molar-refractivity contribution >= 4 is 0 Å². The van der Waals surface area contributed by atoms with Crippen LogP contribution in [0.25, 0.3) is 11.3 Å². The van der Waals surface area contributed by atoms with Gasteiger partial charge in [0.05, 0.1) is 19.3 Å². The molecule has 0 aromatic carbocycles. The third-order valence-electron chi connectivity index (χ3n) is 3.49. The standard InChI is InChI=1S/C17H14F3N5O3/c1-27-14-4-2-11(6-21-14)9-25-15(26)5-3-13(24-25)12-7-22-16(23-8-12)28-10-17(18,19)20/h2-8H,9-10H2,1H3. The lowest BCUT2D eigenvalue weighted by Gasteiger charge is -2.09. The number of alkyl halides is 3. The van der Waals surface area contributed by atoms with Gasteiger partial charge in [-0.25, -0.2) is 19.6 Å². The lowest BCUT2D eigenvalue weighted by Crippen LogP contribution is -2.23. The Hall–Kier alpha value is -3.50. The first kappa shape index (κ1) is 19.3. The van der Waals surface area contributed by atoms with Crippen molar-refractivity contribution in [3.05, 3.63) is 58.8 Å². The first-order valence-electron chi connectivity index (χ1n) is 7.93. The summed E-state index contributed by atoms with van der Waals surface area (Å²) in [5.41, 5.74) is 1.20. The molecule has 3 heterocycles. The molecule has 0 atom stereocenters. The molecule has 3 rings (SSSR count). The summed E-state index contributed by atoms with van der Waals surface area (Å²) in [7, 11) is 1.50. The van der Waals surface area contributed by atoms with Crippen molar-refractivity contribution in [2.45, 2.75) is 12.7 Å². The minimum Gasteiger partial charge on any atom is -0.481 e. The van der Waals surface area contributed by atoms with Gasteiger partial charge in [0, 0.05) is 36.3 Å². The van der Waals surface area contributed by atoms with E-state index >= 15 is 0 Å². The molecule has 0 unspecified atom stereocenters. The van der Waals surface area contributed by atoms with Gasteiger partial charge in [0.15, 0.2) is 6.61 Å². The molecule has 28 heavy (non-hydrogen) atoms. The number of pyridine rings is 1. The zero-order chi connectivity index (χ0) is 20.1. The maximum Gasteiger partial charge on any atom is 0.422 e. The average Bonchev–Trinajstić information content (AvgIpc) is 2.68. The van der Waals surface area contributed by atoms with Crippen LogP contribution in [0.5, 0.6) is 11.9 Å². The number of methoxy groups -OCH3 is 1. The third-order valence-corrected chi connectivity index (χ3v) is 3.49. The van der Waals surface area contributed by atoms with Crippen LogP contribution in [0.2, 0.25) is 0 Å². The predicted molar refractivity (Wildman–Crippen MR) is 91.0 cm³/mol. The van der Waals surface area contributed by atoms with E-state index in [1.807, 2.05) is 0 Å². The smallest absolute Gasteiger partial charge is 0.422 e. The Labute approximate surface area is 156 Å². The Balaban J connectivity index is 1.77. The molecule has 0 spiro atoms. The maximum atomic E-state index is 12.2. The summed E-state index contributed by atoms with van der Waals surface area (Å²) >= 11 is 0. The third kappa shape index (κ3) is 5.02. The van der Waals surface area contributed by atoms with Crippen LogP contribution in [0.1, 0.15) is 5.56 Å². The normalized spacial score (nSPS) is 11.3. The highest BCUT2D eigenvalue weighted by Crippen LogP contribution is 2.18. The van der Waals surface area contributed by atoms with Crippen molar-refractivity contribution in [1.82, 2.24) is 24.7 Å². The van der Waals surface area contributed by atoms with Crippen LogP contribution < -0.4 is 15.0 Å². The summed E-state index contributed by atoms with van der Waals surface area (Å²) in [6, 6.07) is 5.81. The molecule has 3 aromatic rings. The molecule has 3 aromatic heterocycles. The second-order valence-corrected chi connectivity index (χ2v) is 5.58. The fraction of sp³-hybridized carbons (Fsp3) is 0.235. The maximum absolute atomic E-state index is 12.2. The van der Waals surface area contributed by atoms with Gasteiger partial charge in [-0.3, -0.25) is 4.79 Å². The monoisotopic (exact) mass is 393 g/mol. The van der Waals surface area contributed by atoms with Crippen molar-refractivity contribution in [2.24, 2.45) is 0 Å². The molecule has 0 N–H and O–H groups in total. The number of halogens is 3. The molecule has 0 aliphatic carbocycles. The topological polar surface area (TPSA) is 92.0 Å². The van der Waals surface area contributed by atoms with Crippen LogP contribution in [0.4, 0.5) is 13.2 Å². The van der Waals surface area contributed by atoms with Crippen LogP contribution >= 0.6 is 0 Å². The zero-order valence-electron chi connectivity index (χ0n) is 14.6. The molecular weight excluding hydrogens is 379 g/mol. The largest absolute Gasteiger partial charge is 0.481 e. The fourth-order valence-electron chi connectivity index (χ4n) is 2.18. The van der Waals surface area contributed by atoms with Crippen molar-refractivity contribution in [2.75, 3.05) is 13.7 Å². The molecule has 0 radical (unpaired) electrons. The molecule has 0 aliphatic rings. The molecule has 0 amide bonds. The van der Waals surface area contributed by atoms with Crippen molar-refractivity contribution in [1.29, 1.82) is 0 Å². The number of rotatable bonds is 6. The summed E-state index contributed by atoms with van der Waals surface area (Å²) in [6.07, 6.45) is -0.374. The van der Waals surface area contributed by atoms with E-state index in [1.54, 1.807) is 18.3 Å². The minimum absolute atomic E-state index is 0.178. The minimum atomic E-state index is -4.48. The predicted octanol–water partition coefficient (Wildman–Crippen LogP) is 2.09. The lowest BCUT2D eigenvalue weighted by molar-refractivity contribution is -0.154. The summed E-state index contributed by atoms with van der Waals surface area (Å²) in [5.74, 6) is 0.447. The SMILES string of the molecule is COc1ccc(Cn2nc(-c3cnc(OCC(F)(F)F)nc3)ccc2=O)cn1. The molecule has 8 nitrogen and oxygen atoms in total. The summed E-state index contributed by atoms with van der Waals surface area (Å²) in [4.78, 5) is 23.6. The van der Waals surface area contributed by atoms with E-state index in [0.717, 1.165) is 5.56 Å². The number of hydrogen-bond donors (Lipinski definition) is 0. The van der Waals surface area contributed by atoms with Gasteiger partial charge in [-0.15, -0.1) is 0 Å². The molecule has 0 saturated carbocycles. The quantitative estimate of drug-likeness (QED) is 0.633. The number of hydrogen-bond acceptors (Lipinski definition) is 7. The van der Waals surface area contributed by atoms with E-state index in [2.05, 4.69) is 24.8 Å². The summed E-state index contributed by atoms with van der Waals surface area (Å²) < 4.78 is 47.1. The number of nitrogens with zero attached hydrogens (tertiary/aromatic N) is 5. The van der Waals surface area contributed by atoms with Gasteiger partial charge in [0.25, 0.3) is 5.56 Å². The van der Waals surface area contributed by atoms with E-state index in [9.17, 15) is 18.0 Å². The molecule has 0 aliphatic heterocycles. The van der Waals surface area contributed by atoms with Crippen LogP contribution in [0.15, 0.2) is 47.7 Å². The number of ether oxygens (including phenoxy) is 2.